The molecule has 1 amide bonds. The first-order valence-electron chi connectivity index (χ1n) is 7.76. The van der Waals surface area contributed by atoms with E-state index in [9.17, 15) is 18.0 Å². The Bertz CT molecular complexity index is 934. The Hall–Kier alpha value is -3.16. The zero-order valence-electron chi connectivity index (χ0n) is 13.8. The van der Waals surface area contributed by atoms with Crippen molar-refractivity contribution in [3.8, 4) is 5.69 Å². The molecule has 0 spiro atoms. The molecule has 8 heteroatoms. The van der Waals surface area contributed by atoms with Crippen LogP contribution < -0.4 is 5.32 Å². The fraction of sp³-hybridized carbons (Fsp3) is 0.167. The number of nitrogens with one attached hydrogen (secondary N) is 1. The van der Waals surface area contributed by atoms with Crippen LogP contribution in [0.15, 0.2) is 54.9 Å². The lowest BCUT2D eigenvalue weighted by Crippen LogP contribution is -2.24. The predicted octanol–water partition coefficient (Wildman–Crippen LogP) is 3.52. The molecule has 2 aromatic carbocycles. The van der Waals surface area contributed by atoms with Crippen LogP contribution in [0.3, 0.4) is 0 Å². The molecule has 1 N–H and O–H groups in total. The molecule has 5 nitrogen and oxygen atoms in total. The summed E-state index contributed by atoms with van der Waals surface area (Å²) in [6.07, 6.45) is -3.00. The summed E-state index contributed by atoms with van der Waals surface area (Å²) in [6, 6.07) is 12.3. The molecular weight excluding hydrogens is 345 g/mol. The van der Waals surface area contributed by atoms with E-state index in [4.69, 9.17) is 0 Å². The van der Waals surface area contributed by atoms with E-state index in [1.807, 2.05) is 31.2 Å². The van der Waals surface area contributed by atoms with Crippen LogP contribution in [0.1, 0.15) is 27.3 Å². The second kappa shape index (κ2) is 6.99. The van der Waals surface area contributed by atoms with Gasteiger partial charge in [0.1, 0.15) is 6.33 Å². The molecule has 0 saturated carbocycles. The number of carbonyl (C=O) groups is 1. The Morgan fingerprint density at radius 1 is 1.15 bits per heavy atom. The standard InChI is InChI=1S/C18H15F3N4O/c1-12-5-2-3-8-15(12)25-11-23-16(24-25)17(26)22-10-13-6-4-7-14(9-13)18(19,20)21/h2-9,11H,10H2,1H3,(H,22,26). The first-order valence-corrected chi connectivity index (χ1v) is 7.76. The van der Waals surface area contributed by atoms with Crippen LogP contribution in [0, 0.1) is 6.92 Å². The van der Waals surface area contributed by atoms with Gasteiger partial charge in [-0.3, -0.25) is 4.79 Å². The quantitative estimate of drug-likeness (QED) is 0.774. The summed E-state index contributed by atoms with van der Waals surface area (Å²) in [6.45, 7) is 1.85. The molecule has 0 aliphatic carbocycles. The van der Waals surface area contributed by atoms with Gasteiger partial charge in [0.2, 0.25) is 5.82 Å². The third-order valence-corrected chi connectivity index (χ3v) is 3.76. The van der Waals surface area contributed by atoms with Gasteiger partial charge in [-0.25, -0.2) is 9.67 Å². The van der Waals surface area contributed by atoms with Gasteiger partial charge in [-0.05, 0) is 36.2 Å². The maximum absolute atomic E-state index is 12.7. The second-order valence-electron chi connectivity index (χ2n) is 5.68. The number of nitrogens with zero attached hydrogens (tertiary/aromatic N) is 3. The highest BCUT2D eigenvalue weighted by molar-refractivity contribution is 5.90. The van der Waals surface area contributed by atoms with Gasteiger partial charge in [0.15, 0.2) is 0 Å². The van der Waals surface area contributed by atoms with Gasteiger partial charge >= 0.3 is 6.18 Å². The molecular formula is C18H15F3N4O. The Morgan fingerprint density at radius 2 is 1.92 bits per heavy atom. The molecule has 3 rings (SSSR count). The lowest BCUT2D eigenvalue weighted by Gasteiger charge is -2.09. The lowest BCUT2D eigenvalue weighted by molar-refractivity contribution is -0.137. The summed E-state index contributed by atoms with van der Waals surface area (Å²) < 4.78 is 39.6. The number of carbonyl (C=O) groups excluding carboxylic acids is 1. The molecule has 3 aromatic rings. The number of para-hydroxylation sites is 1. The summed E-state index contributed by atoms with van der Waals surface area (Å²) in [5.74, 6) is -0.616. The predicted molar refractivity (Wildman–Crippen MR) is 88.7 cm³/mol. The normalized spacial score (nSPS) is 11.4. The lowest BCUT2D eigenvalue weighted by atomic mass is 10.1. The number of halogens is 3. The number of rotatable bonds is 4. The number of benzene rings is 2. The summed E-state index contributed by atoms with van der Waals surface area (Å²) in [5.41, 5.74) is 1.34. The fourth-order valence-corrected chi connectivity index (χ4v) is 2.42. The van der Waals surface area contributed by atoms with Crippen molar-refractivity contribution in [3.05, 3.63) is 77.4 Å². The van der Waals surface area contributed by atoms with E-state index >= 15 is 0 Å². The molecule has 0 radical (unpaired) electrons. The molecule has 1 aromatic heterocycles. The van der Waals surface area contributed by atoms with Crippen LogP contribution in [0.25, 0.3) is 5.69 Å². The van der Waals surface area contributed by atoms with Gasteiger partial charge < -0.3 is 5.32 Å². The van der Waals surface area contributed by atoms with Crippen molar-refractivity contribution in [2.75, 3.05) is 0 Å². The average Bonchev–Trinajstić information content (AvgIpc) is 3.09. The van der Waals surface area contributed by atoms with E-state index in [2.05, 4.69) is 15.4 Å². The minimum Gasteiger partial charge on any atom is -0.345 e. The number of aromatic nitrogens is 3. The van der Waals surface area contributed by atoms with Crippen molar-refractivity contribution < 1.29 is 18.0 Å². The fourth-order valence-electron chi connectivity index (χ4n) is 2.42. The minimum atomic E-state index is -4.42. The summed E-state index contributed by atoms with van der Waals surface area (Å²) >= 11 is 0. The smallest absolute Gasteiger partial charge is 0.345 e. The average molecular weight is 360 g/mol. The zero-order valence-corrected chi connectivity index (χ0v) is 13.8. The molecule has 0 aliphatic heterocycles. The van der Waals surface area contributed by atoms with Gasteiger partial charge in [-0.15, -0.1) is 5.10 Å². The maximum atomic E-state index is 12.7. The molecule has 0 saturated heterocycles. The third kappa shape index (κ3) is 3.90. The maximum Gasteiger partial charge on any atom is 0.416 e. The monoisotopic (exact) mass is 360 g/mol. The molecule has 1 heterocycles. The van der Waals surface area contributed by atoms with Gasteiger partial charge in [0.25, 0.3) is 5.91 Å². The largest absolute Gasteiger partial charge is 0.416 e. The van der Waals surface area contributed by atoms with E-state index in [1.165, 1.54) is 23.1 Å². The Kier molecular flexibility index (Phi) is 4.75. The minimum absolute atomic E-state index is 0.0539. The van der Waals surface area contributed by atoms with Crippen molar-refractivity contribution in [1.82, 2.24) is 20.1 Å². The third-order valence-electron chi connectivity index (χ3n) is 3.76. The van der Waals surface area contributed by atoms with Gasteiger partial charge in [0, 0.05) is 6.54 Å². The van der Waals surface area contributed by atoms with Crippen LogP contribution in [0.5, 0.6) is 0 Å². The van der Waals surface area contributed by atoms with Gasteiger partial charge in [-0.2, -0.15) is 13.2 Å². The van der Waals surface area contributed by atoms with Crippen LogP contribution >= 0.6 is 0 Å². The van der Waals surface area contributed by atoms with E-state index in [-0.39, 0.29) is 12.4 Å². The van der Waals surface area contributed by atoms with Crippen molar-refractivity contribution in [1.29, 1.82) is 0 Å². The number of aryl methyl sites for hydroxylation is 1. The molecule has 0 aliphatic rings. The molecule has 26 heavy (non-hydrogen) atoms. The topological polar surface area (TPSA) is 59.8 Å². The summed E-state index contributed by atoms with van der Waals surface area (Å²) in [4.78, 5) is 16.1. The van der Waals surface area contributed by atoms with E-state index in [0.29, 0.717) is 5.56 Å². The number of hydrogen-bond donors (Lipinski definition) is 1. The highest BCUT2D eigenvalue weighted by Crippen LogP contribution is 2.29. The molecule has 0 bridgehead atoms. The van der Waals surface area contributed by atoms with Crippen LogP contribution in [0.2, 0.25) is 0 Å². The highest BCUT2D eigenvalue weighted by Gasteiger charge is 2.30. The van der Waals surface area contributed by atoms with E-state index in [0.717, 1.165) is 23.4 Å². The summed E-state index contributed by atoms with van der Waals surface area (Å²) in [5, 5.41) is 6.65. The highest BCUT2D eigenvalue weighted by atomic mass is 19.4. The van der Waals surface area contributed by atoms with Crippen LogP contribution in [-0.4, -0.2) is 20.7 Å². The Balaban J connectivity index is 1.69. The Labute approximate surface area is 147 Å². The number of amides is 1. The molecule has 0 unspecified atom stereocenters. The molecule has 0 atom stereocenters. The van der Waals surface area contributed by atoms with Gasteiger partial charge in [0.05, 0.1) is 11.3 Å². The van der Waals surface area contributed by atoms with Crippen molar-refractivity contribution >= 4 is 5.91 Å². The van der Waals surface area contributed by atoms with E-state index in [1.54, 1.807) is 0 Å². The van der Waals surface area contributed by atoms with Crippen LogP contribution in [0.4, 0.5) is 13.2 Å². The van der Waals surface area contributed by atoms with Crippen molar-refractivity contribution in [2.24, 2.45) is 0 Å². The van der Waals surface area contributed by atoms with Crippen molar-refractivity contribution in [2.45, 2.75) is 19.6 Å². The Morgan fingerprint density at radius 3 is 2.65 bits per heavy atom. The van der Waals surface area contributed by atoms with Crippen molar-refractivity contribution in [3.63, 3.8) is 0 Å². The summed E-state index contributed by atoms with van der Waals surface area (Å²) in [7, 11) is 0. The van der Waals surface area contributed by atoms with E-state index < -0.39 is 17.6 Å². The second-order valence-corrected chi connectivity index (χ2v) is 5.68. The molecule has 0 fully saturated rings. The first-order chi connectivity index (χ1) is 12.3. The zero-order chi connectivity index (χ0) is 18.7. The molecule has 134 valence electrons. The SMILES string of the molecule is Cc1ccccc1-n1cnc(C(=O)NCc2cccc(C(F)(F)F)c2)n1. The van der Waals surface area contributed by atoms with Crippen LogP contribution in [-0.2, 0) is 12.7 Å². The number of hydrogen-bond acceptors (Lipinski definition) is 3. The number of alkyl halides is 3. The first kappa shape index (κ1) is 17.7. The van der Waals surface area contributed by atoms with Gasteiger partial charge in [-0.1, -0.05) is 30.3 Å².